The molecule has 1 fully saturated rings. The molecule has 1 aromatic rings. The molecule has 20 heavy (non-hydrogen) atoms. The lowest BCUT2D eigenvalue weighted by atomic mass is 10.1. The first-order chi connectivity index (χ1) is 9.65. The molecule has 0 saturated carbocycles. The monoisotopic (exact) mass is 274 g/mol. The second-order valence-corrected chi connectivity index (χ2v) is 4.76. The number of hydrogen-bond donors (Lipinski definition) is 2. The molecule has 1 saturated heterocycles. The minimum Gasteiger partial charge on any atom is -0.478 e. The fraction of sp³-hybridized carbons (Fsp3) is 0.333. The molecule has 5 nitrogen and oxygen atoms in total. The van der Waals surface area contributed by atoms with Gasteiger partial charge in [-0.1, -0.05) is 0 Å². The van der Waals surface area contributed by atoms with Crippen LogP contribution in [0.3, 0.4) is 0 Å². The van der Waals surface area contributed by atoms with Crippen molar-refractivity contribution < 1.29 is 14.7 Å². The highest BCUT2D eigenvalue weighted by molar-refractivity contribution is 6.02. The van der Waals surface area contributed by atoms with Gasteiger partial charge in [0, 0.05) is 36.6 Å². The summed E-state index contributed by atoms with van der Waals surface area (Å²) < 4.78 is 0. The number of carbonyl (C=O) groups is 2. The second-order valence-electron chi connectivity index (χ2n) is 4.76. The summed E-state index contributed by atoms with van der Waals surface area (Å²) in [5, 5.41) is 11.1. The van der Waals surface area contributed by atoms with Gasteiger partial charge in [0.05, 0.1) is 0 Å². The molecule has 5 heteroatoms. The van der Waals surface area contributed by atoms with Gasteiger partial charge in [0.15, 0.2) is 0 Å². The highest BCUT2D eigenvalue weighted by atomic mass is 16.4. The number of amides is 1. The quantitative estimate of drug-likeness (QED) is 0.826. The van der Waals surface area contributed by atoms with E-state index in [1.54, 1.807) is 0 Å². The van der Waals surface area contributed by atoms with Gasteiger partial charge in [0.25, 0.3) is 0 Å². The van der Waals surface area contributed by atoms with Crippen LogP contribution in [-0.2, 0) is 9.59 Å². The van der Waals surface area contributed by atoms with Crippen molar-refractivity contribution in [1.82, 2.24) is 0 Å². The van der Waals surface area contributed by atoms with Crippen molar-refractivity contribution in [3.8, 4) is 0 Å². The van der Waals surface area contributed by atoms with E-state index >= 15 is 0 Å². The number of anilines is 2. The minimum absolute atomic E-state index is 0.446. The molecule has 106 valence electrons. The van der Waals surface area contributed by atoms with Crippen molar-refractivity contribution in [1.29, 1.82) is 0 Å². The third-order valence-corrected chi connectivity index (χ3v) is 3.23. The first-order valence-corrected chi connectivity index (χ1v) is 6.72. The zero-order chi connectivity index (χ0) is 14.4. The molecular weight excluding hydrogens is 256 g/mol. The molecule has 0 spiro atoms. The average molecular weight is 274 g/mol. The van der Waals surface area contributed by atoms with Crippen LogP contribution in [0.5, 0.6) is 0 Å². The van der Waals surface area contributed by atoms with Crippen molar-refractivity contribution >= 4 is 23.3 Å². The fourth-order valence-electron chi connectivity index (χ4n) is 2.24. The lowest BCUT2D eigenvalue weighted by Gasteiger charge is -2.28. The fourth-order valence-corrected chi connectivity index (χ4v) is 2.24. The molecule has 2 rings (SSSR count). The van der Waals surface area contributed by atoms with Gasteiger partial charge in [-0.3, -0.25) is 4.79 Å². The number of carboxylic acids is 1. The summed E-state index contributed by atoms with van der Waals surface area (Å²) in [5.74, 6) is -1.58. The predicted octanol–water partition coefficient (Wildman–Crippen LogP) is 2.26. The normalized spacial score (nSPS) is 15.3. The number of nitrogens with one attached hydrogen (secondary N) is 1. The Balaban J connectivity index is 1.94. The number of hydrogen-bond acceptors (Lipinski definition) is 3. The molecule has 0 unspecified atom stereocenters. The van der Waals surface area contributed by atoms with Crippen molar-refractivity contribution in [2.75, 3.05) is 23.3 Å². The summed E-state index contributed by atoms with van der Waals surface area (Å²) >= 11 is 0. The maximum absolute atomic E-state index is 11.4. The SMILES string of the molecule is O=C(O)/C=C\C(=O)Nc1ccc(N2CCCCC2)cc1. The third kappa shape index (κ3) is 4.12. The van der Waals surface area contributed by atoms with E-state index in [-0.39, 0.29) is 0 Å². The number of piperidine rings is 1. The lowest BCUT2D eigenvalue weighted by molar-refractivity contribution is -0.131. The van der Waals surface area contributed by atoms with Crippen LogP contribution >= 0.6 is 0 Å². The maximum Gasteiger partial charge on any atom is 0.328 e. The summed E-state index contributed by atoms with van der Waals surface area (Å²) in [6.45, 7) is 2.15. The Morgan fingerprint density at radius 2 is 1.70 bits per heavy atom. The smallest absolute Gasteiger partial charge is 0.328 e. The molecule has 2 N–H and O–H groups in total. The van der Waals surface area contributed by atoms with E-state index < -0.39 is 11.9 Å². The van der Waals surface area contributed by atoms with Crippen molar-refractivity contribution in [2.24, 2.45) is 0 Å². The Hall–Kier alpha value is -2.30. The Kier molecular flexibility index (Phi) is 4.76. The molecule has 0 bridgehead atoms. The van der Waals surface area contributed by atoms with Crippen LogP contribution in [0.15, 0.2) is 36.4 Å². The highest BCUT2D eigenvalue weighted by Gasteiger charge is 2.10. The summed E-state index contributed by atoms with van der Waals surface area (Å²) in [6.07, 6.45) is 5.55. The van der Waals surface area contributed by atoms with Crippen LogP contribution in [0.2, 0.25) is 0 Å². The van der Waals surface area contributed by atoms with Crippen molar-refractivity contribution in [3.63, 3.8) is 0 Å². The lowest BCUT2D eigenvalue weighted by Crippen LogP contribution is -2.29. The van der Waals surface area contributed by atoms with E-state index in [1.807, 2.05) is 24.3 Å². The number of rotatable bonds is 4. The van der Waals surface area contributed by atoms with Crippen LogP contribution in [0.25, 0.3) is 0 Å². The molecule has 1 amide bonds. The van der Waals surface area contributed by atoms with Gasteiger partial charge in [-0.25, -0.2) is 4.79 Å². The molecule has 1 aliphatic rings. The number of aliphatic carboxylic acids is 1. The van der Waals surface area contributed by atoms with Gasteiger partial charge in [-0.05, 0) is 43.5 Å². The maximum atomic E-state index is 11.4. The molecule has 0 aromatic heterocycles. The topological polar surface area (TPSA) is 69.6 Å². The zero-order valence-corrected chi connectivity index (χ0v) is 11.2. The summed E-state index contributed by atoms with van der Waals surface area (Å²) in [7, 11) is 0. The molecule has 1 aromatic carbocycles. The van der Waals surface area contributed by atoms with Gasteiger partial charge >= 0.3 is 5.97 Å². The van der Waals surface area contributed by atoms with Crippen molar-refractivity contribution in [2.45, 2.75) is 19.3 Å². The largest absolute Gasteiger partial charge is 0.478 e. The number of carboxylic acid groups (broad SMARTS) is 1. The van der Waals surface area contributed by atoms with Gasteiger partial charge in [-0.15, -0.1) is 0 Å². The van der Waals surface area contributed by atoms with Crippen molar-refractivity contribution in [3.05, 3.63) is 36.4 Å². The predicted molar refractivity (Wildman–Crippen MR) is 77.9 cm³/mol. The highest BCUT2D eigenvalue weighted by Crippen LogP contribution is 2.21. The molecule has 0 aliphatic carbocycles. The average Bonchev–Trinajstić information content (AvgIpc) is 2.47. The van der Waals surface area contributed by atoms with Crippen LogP contribution in [-0.4, -0.2) is 30.1 Å². The number of benzene rings is 1. The minimum atomic E-state index is -1.14. The van der Waals surface area contributed by atoms with Gasteiger partial charge in [0.2, 0.25) is 5.91 Å². The first kappa shape index (κ1) is 14.1. The van der Waals surface area contributed by atoms with Crippen LogP contribution in [0, 0.1) is 0 Å². The Morgan fingerprint density at radius 1 is 1.05 bits per heavy atom. The zero-order valence-electron chi connectivity index (χ0n) is 11.2. The van der Waals surface area contributed by atoms with Crippen LogP contribution in [0.4, 0.5) is 11.4 Å². The van der Waals surface area contributed by atoms with E-state index in [0.29, 0.717) is 5.69 Å². The molecule has 1 heterocycles. The Bertz CT molecular complexity index is 502. The standard InChI is InChI=1S/C15H18N2O3/c18-14(8-9-15(19)20)16-12-4-6-13(7-5-12)17-10-2-1-3-11-17/h4-9H,1-3,10-11H2,(H,16,18)(H,19,20)/b9-8-. The summed E-state index contributed by atoms with van der Waals surface area (Å²) in [4.78, 5) is 24.1. The van der Waals surface area contributed by atoms with E-state index in [9.17, 15) is 9.59 Å². The molecular formula is C15H18N2O3. The van der Waals surface area contributed by atoms with E-state index in [1.165, 1.54) is 19.3 Å². The molecule has 1 aliphatic heterocycles. The van der Waals surface area contributed by atoms with Gasteiger partial charge in [0.1, 0.15) is 0 Å². The van der Waals surface area contributed by atoms with Crippen LogP contribution in [0.1, 0.15) is 19.3 Å². The number of nitrogens with zero attached hydrogens (tertiary/aromatic N) is 1. The van der Waals surface area contributed by atoms with Crippen LogP contribution < -0.4 is 10.2 Å². The molecule has 0 atom stereocenters. The first-order valence-electron chi connectivity index (χ1n) is 6.72. The van der Waals surface area contributed by atoms with Gasteiger partial charge in [-0.2, -0.15) is 0 Å². The summed E-state index contributed by atoms with van der Waals surface area (Å²) in [6, 6.07) is 7.61. The van der Waals surface area contributed by atoms with E-state index in [0.717, 1.165) is 30.9 Å². The van der Waals surface area contributed by atoms with E-state index in [2.05, 4.69) is 10.2 Å². The molecule has 0 radical (unpaired) electrons. The Labute approximate surface area is 117 Å². The summed E-state index contributed by atoms with van der Waals surface area (Å²) in [5.41, 5.74) is 1.81. The van der Waals surface area contributed by atoms with E-state index in [4.69, 9.17) is 5.11 Å². The number of carbonyl (C=O) groups excluding carboxylic acids is 1. The Morgan fingerprint density at radius 3 is 2.30 bits per heavy atom. The second kappa shape index (κ2) is 6.75. The third-order valence-electron chi connectivity index (χ3n) is 3.23. The van der Waals surface area contributed by atoms with Gasteiger partial charge < -0.3 is 15.3 Å².